The maximum atomic E-state index is 9.25. The molecule has 3 N–H and O–H groups in total. The summed E-state index contributed by atoms with van der Waals surface area (Å²) >= 11 is 0. The lowest BCUT2D eigenvalue weighted by molar-refractivity contribution is 0.0673. The Morgan fingerprint density at radius 1 is 1.29 bits per heavy atom. The molecule has 17 heavy (non-hydrogen) atoms. The maximum absolute atomic E-state index is 9.25. The van der Waals surface area contributed by atoms with E-state index in [0.29, 0.717) is 12.6 Å². The molecule has 1 aliphatic rings. The van der Waals surface area contributed by atoms with Crippen molar-refractivity contribution in [1.82, 2.24) is 5.32 Å². The molecule has 0 saturated heterocycles. The summed E-state index contributed by atoms with van der Waals surface area (Å²) in [5.41, 5.74) is 2.35. The van der Waals surface area contributed by atoms with E-state index in [9.17, 15) is 10.2 Å². The van der Waals surface area contributed by atoms with Crippen molar-refractivity contribution in [3.05, 3.63) is 35.4 Å². The van der Waals surface area contributed by atoms with Crippen LogP contribution < -0.4 is 5.32 Å². The minimum Gasteiger partial charge on any atom is -0.396 e. The van der Waals surface area contributed by atoms with Crippen LogP contribution in [0.1, 0.15) is 30.5 Å². The van der Waals surface area contributed by atoms with Crippen LogP contribution in [0.25, 0.3) is 0 Å². The standard InChI is InChI=1S/C14H21NO2/c1-14(9-16,10-17)8-15-13-7-6-11-4-2-3-5-12(11)13/h2-5,13,15-17H,6-10H2,1H3. The second-order valence-electron chi connectivity index (χ2n) is 5.30. The van der Waals surface area contributed by atoms with Gasteiger partial charge in [0.1, 0.15) is 0 Å². The summed E-state index contributed by atoms with van der Waals surface area (Å²) in [6, 6.07) is 8.84. The van der Waals surface area contributed by atoms with Crippen LogP contribution in [0.3, 0.4) is 0 Å². The Labute approximate surface area is 102 Å². The topological polar surface area (TPSA) is 52.5 Å². The van der Waals surface area contributed by atoms with Gasteiger partial charge in [0.2, 0.25) is 0 Å². The fourth-order valence-corrected chi connectivity index (χ4v) is 2.30. The van der Waals surface area contributed by atoms with Gasteiger partial charge in [0.05, 0.1) is 13.2 Å². The number of aliphatic hydroxyl groups is 2. The lowest BCUT2D eigenvalue weighted by Crippen LogP contribution is -2.39. The van der Waals surface area contributed by atoms with Gasteiger partial charge in [-0.15, -0.1) is 0 Å². The van der Waals surface area contributed by atoms with Gasteiger partial charge in [-0.3, -0.25) is 0 Å². The molecule has 1 aromatic rings. The molecule has 0 spiro atoms. The highest BCUT2D eigenvalue weighted by atomic mass is 16.3. The molecule has 1 aliphatic carbocycles. The van der Waals surface area contributed by atoms with Gasteiger partial charge in [0.15, 0.2) is 0 Å². The second-order valence-corrected chi connectivity index (χ2v) is 5.30. The summed E-state index contributed by atoms with van der Waals surface area (Å²) in [5.74, 6) is 0. The predicted octanol–water partition coefficient (Wildman–Crippen LogP) is 1.25. The van der Waals surface area contributed by atoms with Gasteiger partial charge in [-0.1, -0.05) is 31.2 Å². The van der Waals surface area contributed by atoms with Gasteiger partial charge < -0.3 is 15.5 Å². The number of aryl methyl sites for hydroxylation is 1. The van der Waals surface area contributed by atoms with Crippen molar-refractivity contribution in [2.45, 2.75) is 25.8 Å². The van der Waals surface area contributed by atoms with E-state index in [2.05, 4.69) is 29.6 Å². The third-order valence-electron chi connectivity index (χ3n) is 3.67. The molecule has 3 nitrogen and oxygen atoms in total. The smallest absolute Gasteiger partial charge is 0.0519 e. The Kier molecular flexibility index (Phi) is 3.82. The van der Waals surface area contributed by atoms with Gasteiger partial charge in [-0.2, -0.15) is 0 Å². The monoisotopic (exact) mass is 235 g/mol. The minimum absolute atomic E-state index is 0.00483. The lowest BCUT2D eigenvalue weighted by atomic mass is 9.92. The van der Waals surface area contributed by atoms with Gasteiger partial charge in [0.25, 0.3) is 0 Å². The summed E-state index contributed by atoms with van der Waals surface area (Å²) in [6.07, 6.45) is 2.22. The second kappa shape index (κ2) is 5.17. The zero-order chi connectivity index (χ0) is 12.3. The number of hydrogen-bond donors (Lipinski definition) is 3. The molecule has 0 saturated carbocycles. The van der Waals surface area contributed by atoms with Crippen LogP contribution in [0.4, 0.5) is 0 Å². The third kappa shape index (κ3) is 2.68. The van der Waals surface area contributed by atoms with E-state index >= 15 is 0 Å². The first-order chi connectivity index (χ1) is 8.18. The number of rotatable bonds is 5. The molecule has 0 aliphatic heterocycles. The summed E-state index contributed by atoms with van der Waals surface area (Å²) in [4.78, 5) is 0. The molecule has 0 heterocycles. The summed E-state index contributed by atoms with van der Waals surface area (Å²) < 4.78 is 0. The van der Waals surface area contributed by atoms with Crippen molar-refractivity contribution in [3.8, 4) is 0 Å². The Morgan fingerprint density at radius 2 is 2.00 bits per heavy atom. The Balaban J connectivity index is 1.98. The van der Waals surface area contributed by atoms with Crippen molar-refractivity contribution < 1.29 is 10.2 Å². The minimum atomic E-state index is -0.433. The molecule has 0 aromatic heterocycles. The molecule has 0 amide bonds. The van der Waals surface area contributed by atoms with Crippen LogP contribution in [-0.2, 0) is 6.42 Å². The van der Waals surface area contributed by atoms with E-state index in [-0.39, 0.29) is 13.2 Å². The highest BCUT2D eigenvalue weighted by molar-refractivity contribution is 5.34. The Bertz CT molecular complexity index is 374. The van der Waals surface area contributed by atoms with Crippen molar-refractivity contribution in [2.75, 3.05) is 19.8 Å². The van der Waals surface area contributed by atoms with Crippen molar-refractivity contribution >= 4 is 0 Å². The molecule has 3 heteroatoms. The number of nitrogens with one attached hydrogen (secondary N) is 1. The van der Waals surface area contributed by atoms with Gasteiger partial charge in [-0.25, -0.2) is 0 Å². The fraction of sp³-hybridized carbons (Fsp3) is 0.571. The van der Waals surface area contributed by atoms with Crippen LogP contribution in [0.2, 0.25) is 0 Å². The number of benzene rings is 1. The SMILES string of the molecule is CC(CO)(CO)CNC1CCc2ccccc21. The maximum Gasteiger partial charge on any atom is 0.0519 e. The van der Waals surface area contributed by atoms with Gasteiger partial charge in [-0.05, 0) is 24.0 Å². The molecule has 0 fully saturated rings. The molecule has 1 unspecified atom stereocenters. The van der Waals surface area contributed by atoms with E-state index in [1.807, 2.05) is 6.92 Å². The van der Waals surface area contributed by atoms with E-state index in [4.69, 9.17) is 0 Å². The largest absolute Gasteiger partial charge is 0.396 e. The van der Waals surface area contributed by atoms with Crippen LogP contribution in [0, 0.1) is 5.41 Å². The van der Waals surface area contributed by atoms with Gasteiger partial charge in [0, 0.05) is 18.0 Å². The normalized spacial score (nSPS) is 19.4. The fourth-order valence-electron chi connectivity index (χ4n) is 2.30. The average molecular weight is 235 g/mol. The molecule has 0 bridgehead atoms. The van der Waals surface area contributed by atoms with E-state index < -0.39 is 5.41 Å². The quantitative estimate of drug-likeness (QED) is 0.720. The highest BCUT2D eigenvalue weighted by Crippen LogP contribution is 2.31. The van der Waals surface area contributed by atoms with E-state index in [0.717, 1.165) is 12.8 Å². The van der Waals surface area contributed by atoms with E-state index in [1.54, 1.807) is 0 Å². The van der Waals surface area contributed by atoms with Crippen LogP contribution in [0.5, 0.6) is 0 Å². The zero-order valence-electron chi connectivity index (χ0n) is 10.3. The number of hydrogen-bond acceptors (Lipinski definition) is 3. The predicted molar refractivity (Wildman–Crippen MR) is 67.8 cm³/mol. The molecule has 1 atom stereocenters. The molecule has 2 rings (SSSR count). The number of aliphatic hydroxyl groups excluding tert-OH is 2. The first-order valence-electron chi connectivity index (χ1n) is 6.21. The first-order valence-corrected chi connectivity index (χ1v) is 6.21. The lowest BCUT2D eigenvalue weighted by Gasteiger charge is -2.27. The van der Waals surface area contributed by atoms with Gasteiger partial charge >= 0.3 is 0 Å². The summed E-state index contributed by atoms with van der Waals surface area (Å²) in [6.45, 7) is 2.54. The van der Waals surface area contributed by atoms with Crippen molar-refractivity contribution in [3.63, 3.8) is 0 Å². The number of fused-ring (bicyclic) bond motifs is 1. The summed E-state index contributed by atoms with van der Waals surface area (Å²) in [5, 5.41) is 22.0. The van der Waals surface area contributed by atoms with Crippen LogP contribution in [-0.4, -0.2) is 30.0 Å². The first kappa shape index (κ1) is 12.6. The Hall–Kier alpha value is -0.900. The van der Waals surface area contributed by atoms with Crippen molar-refractivity contribution in [1.29, 1.82) is 0 Å². The van der Waals surface area contributed by atoms with Crippen LogP contribution in [0.15, 0.2) is 24.3 Å². The summed E-state index contributed by atoms with van der Waals surface area (Å²) in [7, 11) is 0. The molecule has 1 aromatic carbocycles. The third-order valence-corrected chi connectivity index (χ3v) is 3.67. The molecule has 94 valence electrons. The van der Waals surface area contributed by atoms with Crippen LogP contribution >= 0.6 is 0 Å². The Morgan fingerprint density at radius 3 is 2.71 bits per heavy atom. The molecular weight excluding hydrogens is 214 g/mol. The average Bonchev–Trinajstić information content (AvgIpc) is 2.79. The highest BCUT2D eigenvalue weighted by Gasteiger charge is 2.26. The molecular formula is C14H21NO2. The zero-order valence-corrected chi connectivity index (χ0v) is 10.3. The van der Waals surface area contributed by atoms with E-state index in [1.165, 1.54) is 11.1 Å². The van der Waals surface area contributed by atoms with Crippen molar-refractivity contribution in [2.24, 2.45) is 5.41 Å². The molecule has 0 radical (unpaired) electrons.